The van der Waals surface area contributed by atoms with Crippen molar-refractivity contribution in [2.75, 3.05) is 5.73 Å². The molecule has 4 N–H and O–H groups in total. The van der Waals surface area contributed by atoms with Crippen molar-refractivity contribution in [3.63, 3.8) is 0 Å². The summed E-state index contributed by atoms with van der Waals surface area (Å²) >= 11 is 0. The number of rotatable bonds is 4. The molecule has 8 nitrogen and oxygen atoms in total. The zero-order valence-corrected chi connectivity index (χ0v) is 11.5. The molecule has 0 aliphatic carbocycles. The second-order valence-corrected chi connectivity index (χ2v) is 4.56. The molecule has 0 bridgehead atoms. The van der Waals surface area contributed by atoms with Gasteiger partial charge >= 0.3 is 0 Å². The van der Waals surface area contributed by atoms with Crippen LogP contribution in [0.2, 0.25) is 0 Å². The number of carbonyl (C=O) groups is 1. The second kappa shape index (κ2) is 5.16. The lowest BCUT2D eigenvalue weighted by atomic mass is 10.4. The van der Waals surface area contributed by atoms with Gasteiger partial charge in [-0.3, -0.25) is 4.79 Å². The molecule has 0 aliphatic heterocycles. The summed E-state index contributed by atoms with van der Waals surface area (Å²) in [6, 6.07) is 1.71. The lowest BCUT2D eigenvalue weighted by Gasteiger charge is -2.10. The lowest BCUT2D eigenvalue weighted by Crippen LogP contribution is -2.14. The number of carbonyl (C=O) groups excluding carboxylic acids is 1. The first-order valence-corrected chi connectivity index (χ1v) is 6.04. The number of ether oxygens (including phenoxy) is 1. The standard InChI is InChI=1S/C12H16N6O2/c1-6(2)20-9-4-7(3)15-12(16-9)18-5-8(13)10(17-18)11(14)19/h4-6H,13H2,1-3H3,(H2,14,19). The Hall–Kier alpha value is -2.64. The maximum absolute atomic E-state index is 11.1. The SMILES string of the molecule is Cc1cc(OC(C)C)nc(-n2cc(N)c(C(N)=O)n2)n1. The number of aromatic nitrogens is 4. The zero-order valence-electron chi connectivity index (χ0n) is 11.5. The number of aryl methyl sites for hydroxylation is 1. The third-order valence-corrected chi connectivity index (χ3v) is 2.36. The summed E-state index contributed by atoms with van der Waals surface area (Å²) in [5.41, 5.74) is 11.7. The molecule has 1 amide bonds. The van der Waals surface area contributed by atoms with E-state index in [1.165, 1.54) is 10.9 Å². The van der Waals surface area contributed by atoms with E-state index in [9.17, 15) is 4.79 Å². The first-order chi connectivity index (χ1) is 9.36. The molecule has 2 rings (SSSR count). The van der Waals surface area contributed by atoms with E-state index in [1.54, 1.807) is 13.0 Å². The van der Waals surface area contributed by atoms with E-state index in [2.05, 4.69) is 15.1 Å². The number of nitrogen functional groups attached to an aromatic ring is 1. The smallest absolute Gasteiger partial charge is 0.271 e. The predicted octanol–water partition coefficient (Wildman–Crippen LogP) is 0.439. The molecule has 8 heteroatoms. The molecule has 0 atom stereocenters. The third kappa shape index (κ3) is 2.85. The molecule has 106 valence electrons. The summed E-state index contributed by atoms with van der Waals surface area (Å²) in [7, 11) is 0. The molecular weight excluding hydrogens is 260 g/mol. The van der Waals surface area contributed by atoms with Crippen LogP contribution in [0.1, 0.15) is 30.0 Å². The van der Waals surface area contributed by atoms with Crippen molar-refractivity contribution in [2.24, 2.45) is 5.73 Å². The van der Waals surface area contributed by atoms with Gasteiger partial charge in [-0.25, -0.2) is 9.67 Å². The predicted molar refractivity (Wildman–Crippen MR) is 72.6 cm³/mol. The summed E-state index contributed by atoms with van der Waals surface area (Å²) in [5, 5.41) is 3.98. The number of hydrogen-bond donors (Lipinski definition) is 2. The van der Waals surface area contributed by atoms with Crippen molar-refractivity contribution in [3.8, 4) is 11.8 Å². The van der Waals surface area contributed by atoms with E-state index >= 15 is 0 Å². The van der Waals surface area contributed by atoms with Gasteiger partial charge in [0.05, 0.1) is 18.0 Å². The Kier molecular flexibility index (Phi) is 3.55. The molecule has 0 saturated carbocycles. The van der Waals surface area contributed by atoms with E-state index < -0.39 is 5.91 Å². The number of amides is 1. The summed E-state index contributed by atoms with van der Waals surface area (Å²) in [4.78, 5) is 19.6. The summed E-state index contributed by atoms with van der Waals surface area (Å²) < 4.78 is 6.83. The molecule has 0 aliphatic rings. The highest BCUT2D eigenvalue weighted by molar-refractivity contribution is 5.95. The van der Waals surface area contributed by atoms with Gasteiger partial charge in [0.1, 0.15) is 0 Å². The van der Waals surface area contributed by atoms with Gasteiger partial charge in [-0.1, -0.05) is 0 Å². The van der Waals surface area contributed by atoms with Gasteiger partial charge in [-0.05, 0) is 20.8 Å². The fraction of sp³-hybridized carbons (Fsp3) is 0.333. The Labute approximate surface area is 115 Å². The summed E-state index contributed by atoms with van der Waals surface area (Å²) in [6.07, 6.45) is 1.43. The van der Waals surface area contributed by atoms with E-state index in [0.29, 0.717) is 11.6 Å². The van der Waals surface area contributed by atoms with Gasteiger partial charge < -0.3 is 16.2 Å². The van der Waals surface area contributed by atoms with Gasteiger partial charge in [0.2, 0.25) is 5.88 Å². The van der Waals surface area contributed by atoms with Crippen molar-refractivity contribution >= 4 is 11.6 Å². The van der Waals surface area contributed by atoms with Crippen LogP contribution in [0.25, 0.3) is 5.95 Å². The van der Waals surface area contributed by atoms with Crippen molar-refractivity contribution < 1.29 is 9.53 Å². The van der Waals surface area contributed by atoms with Crippen LogP contribution in [0.4, 0.5) is 5.69 Å². The van der Waals surface area contributed by atoms with Crippen LogP contribution < -0.4 is 16.2 Å². The average Bonchev–Trinajstić information content (AvgIpc) is 2.69. The van der Waals surface area contributed by atoms with Crippen molar-refractivity contribution in [2.45, 2.75) is 26.9 Å². The fourth-order valence-corrected chi connectivity index (χ4v) is 1.61. The van der Waals surface area contributed by atoms with Crippen molar-refractivity contribution in [1.29, 1.82) is 0 Å². The molecule has 0 aromatic carbocycles. The van der Waals surface area contributed by atoms with Crippen LogP contribution in [-0.2, 0) is 0 Å². The Morgan fingerprint density at radius 3 is 2.65 bits per heavy atom. The number of anilines is 1. The zero-order chi connectivity index (χ0) is 14.9. The fourth-order valence-electron chi connectivity index (χ4n) is 1.61. The minimum atomic E-state index is -0.701. The highest BCUT2D eigenvalue weighted by Crippen LogP contribution is 2.15. The molecule has 2 heterocycles. The minimum Gasteiger partial charge on any atom is -0.475 e. The maximum Gasteiger partial charge on any atom is 0.271 e. The van der Waals surface area contributed by atoms with Gasteiger partial charge in [-0.2, -0.15) is 10.1 Å². The van der Waals surface area contributed by atoms with Crippen molar-refractivity contribution in [3.05, 3.63) is 23.7 Å². The quantitative estimate of drug-likeness (QED) is 0.835. The van der Waals surface area contributed by atoms with Crippen LogP contribution >= 0.6 is 0 Å². The van der Waals surface area contributed by atoms with E-state index in [1.807, 2.05) is 13.8 Å². The summed E-state index contributed by atoms with van der Waals surface area (Å²) in [5.74, 6) is -0.00963. The first-order valence-electron chi connectivity index (χ1n) is 6.04. The second-order valence-electron chi connectivity index (χ2n) is 4.56. The number of nitrogens with zero attached hydrogens (tertiary/aromatic N) is 4. The van der Waals surface area contributed by atoms with Crippen LogP contribution in [0.15, 0.2) is 12.3 Å². The molecule has 0 fully saturated rings. The normalized spacial score (nSPS) is 10.8. The van der Waals surface area contributed by atoms with Crippen LogP contribution in [-0.4, -0.2) is 31.8 Å². The van der Waals surface area contributed by atoms with Gasteiger partial charge in [0.25, 0.3) is 11.9 Å². The molecule has 2 aromatic heterocycles. The molecule has 2 aromatic rings. The molecule has 20 heavy (non-hydrogen) atoms. The Balaban J connectivity index is 2.44. The van der Waals surface area contributed by atoms with Gasteiger partial charge in [0.15, 0.2) is 5.69 Å². The molecule has 0 unspecified atom stereocenters. The average molecular weight is 276 g/mol. The van der Waals surface area contributed by atoms with E-state index in [0.717, 1.165) is 0 Å². The van der Waals surface area contributed by atoms with Crippen LogP contribution in [0, 0.1) is 6.92 Å². The van der Waals surface area contributed by atoms with Crippen LogP contribution in [0.3, 0.4) is 0 Å². The minimum absolute atomic E-state index is 0.0126. The highest BCUT2D eigenvalue weighted by Gasteiger charge is 2.14. The van der Waals surface area contributed by atoms with E-state index in [4.69, 9.17) is 16.2 Å². The maximum atomic E-state index is 11.1. The monoisotopic (exact) mass is 276 g/mol. The topological polar surface area (TPSA) is 122 Å². The highest BCUT2D eigenvalue weighted by atomic mass is 16.5. The first kappa shape index (κ1) is 13.8. The Morgan fingerprint density at radius 2 is 2.10 bits per heavy atom. The summed E-state index contributed by atoms with van der Waals surface area (Å²) in [6.45, 7) is 5.60. The number of primary amides is 1. The van der Waals surface area contributed by atoms with Gasteiger partial charge in [0, 0.05) is 11.8 Å². The Morgan fingerprint density at radius 1 is 1.40 bits per heavy atom. The lowest BCUT2D eigenvalue weighted by molar-refractivity contribution is 0.0996. The number of nitrogens with two attached hydrogens (primary N) is 2. The molecular formula is C12H16N6O2. The largest absolute Gasteiger partial charge is 0.475 e. The molecule has 0 radical (unpaired) electrons. The third-order valence-electron chi connectivity index (χ3n) is 2.36. The van der Waals surface area contributed by atoms with Crippen LogP contribution in [0.5, 0.6) is 5.88 Å². The molecule has 0 spiro atoms. The molecule has 0 saturated heterocycles. The number of hydrogen-bond acceptors (Lipinski definition) is 6. The van der Waals surface area contributed by atoms with E-state index in [-0.39, 0.29) is 23.4 Å². The van der Waals surface area contributed by atoms with Crippen molar-refractivity contribution in [1.82, 2.24) is 19.7 Å². The van der Waals surface area contributed by atoms with Gasteiger partial charge in [-0.15, -0.1) is 0 Å². The Bertz CT molecular complexity index is 649.